The van der Waals surface area contributed by atoms with Crippen LogP contribution in [0.25, 0.3) is 0 Å². The molecule has 21 heavy (non-hydrogen) atoms. The Labute approximate surface area is 124 Å². The largest absolute Gasteiger partial charge is 0.462 e. The molecule has 0 unspecified atom stereocenters. The van der Waals surface area contributed by atoms with Gasteiger partial charge in [0, 0.05) is 17.8 Å². The van der Waals surface area contributed by atoms with Gasteiger partial charge in [0.1, 0.15) is 18.1 Å². The molecular weight excluding hydrogens is 268 g/mol. The van der Waals surface area contributed by atoms with E-state index in [1.54, 1.807) is 18.2 Å². The van der Waals surface area contributed by atoms with Crippen molar-refractivity contribution in [3.8, 4) is 0 Å². The van der Waals surface area contributed by atoms with Gasteiger partial charge < -0.3 is 20.2 Å². The first-order valence-corrected chi connectivity index (χ1v) is 7.03. The van der Waals surface area contributed by atoms with Crippen molar-refractivity contribution in [2.75, 3.05) is 11.9 Å². The lowest BCUT2D eigenvalue weighted by atomic mass is 10.2. The summed E-state index contributed by atoms with van der Waals surface area (Å²) in [5.74, 6) is 1.21. The van der Waals surface area contributed by atoms with Gasteiger partial charge in [0.15, 0.2) is 0 Å². The number of hydrogen-bond donors (Lipinski definition) is 3. The van der Waals surface area contributed by atoms with Gasteiger partial charge in [-0.15, -0.1) is 0 Å². The molecule has 112 valence electrons. The average Bonchev–Trinajstić information content (AvgIpc) is 2.99. The molecule has 0 aliphatic rings. The van der Waals surface area contributed by atoms with E-state index in [-0.39, 0.29) is 12.5 Å². The average molecular weight is 288 g/mol. The Balaban J connectivity index is 1.95. The van der Waals surface area contributed by atoms with Gasteiger partial charge in [0.2, 0.25) is 0 Å². The van der Waals surface area contributed by atoms with Crippen LogP contribution in [0, 0.1) is 0 Å². The third-order valence-corrected chi connectivity index (χ3v) is 3.00. The molecular formula is C16H20N2O3. The van der Waals surface area contributed by atoms with Gasteiger partial charge in [0.05, 0.1) is 6.54 Å². The molecule has 0 fully saturated rings. The lowest BCUT2D eigenvalue weighted by molar-refractivity contribution is 0.0953. The number of carbonyl (C=O) groups is 1. The van der Waals surface area contributed by atoms with Gasteiger partial charge in [-0.2, -0.15) is 0 Å². The maximum atomic E-state index is 11.9. The Hall–Kier alpha value is -2.27. The number of nitrogens with one attached hydrogen (secondary N) is 2. The third kappa shape index (κ3) is 4.36. The van der Waals surface area contributed by atoms with E-state index >= 15 is 0 Å². The molecule has 1 aromatic heterocycles. The number of carbonyl (C=O) groups excluding carboxylic acids is 1. The minimum atomic E-state index is -0.104. The van der Waals surface area contributed by atoms with E-state index < -0.39 is 0 Å². The molecule has 5 nitrogen and oxygen atoms in total. The number of anilines is 1. The molecule has 1 aromatic carbocycles. The smallest absolute Gasteiger partial charge is 0.251 e. The SMILES string of the molecule is CCCNC(=O)c1cccc(NCc2ccc(CO)o2)c1. The van der Waals surface area contributed by atoms with Crippen LogP contribution in [0.4, 0.5) is 5.69 Å². The summed E-state index contributed by atoms with van der Waals surface area (Å²) in [6.45, 7) is 3.09. The van der Waals surface area contributed by atoms with Crippen LogP contribution in [0.1, 0.15) is 35.2 Å². The van der Waals surface area contributed by atoms with Crippen LogP contribution in [-0.4, -0.2) is 17.6 Å². The molecule has 0 bridgehead atoms. The zero-order chi connectivity index (χ0) is 15.1. The Morgan fingerprint density at radius 1 is 1.24 bits per heavy atom. The predicted molar refractivity (Wildman–Crippen MR) is 81.0 cm³/mol. The third-order valence-electron chi connectivity index (χ3n) is 3.00. The lowest BCUT2D eigenvalue weighted by Gasteiger charge is -2.07. The van der Waals surface area contributed by atoms with Gasteiger partial charge >= 0.3 is 0 Å². The fraction of sp³-hybridized carbons (Fsp3) is 0.312. The first-order chi connectivity index (χ1) is 10.2. The Kier molecular flexibility index (Phi) is 5.40. The van der Waals surface area contributed by atoms with Crippen molar-refractivity contribution < 1.29 is 14.3 Å². The number of aliphatic hydroxyl groups is 1. The van der Waals surface area contributed by atoms with E-state index in [1.165, 1.54) is 0 Å². The highest BCUT2D eigenvalue weighted by Crippen LogP contribution is 2.14. The van der Waals surface area contributed by atoms with E-state index in [9.17, 15) is 4.79 Å². The van der Waals surface area contributed by atoms with Crippen molar-refractivity contribution in [3.05, 3.63) is 53.5 Å². The first-order valence-electron chi connectivity index (χ1n) is 7.03. The summed E-state index contributed by atoms with van der Waals surface area (Å²) >= 11 is 0. The van der Waals surface area contributed by atoms with Crippen LogP contribution >= 0.6 is 0 Å². The Morgan fingerprint density at radius 3 is 2.76 bits per heavy atom. The second-order valence-corrected chi connectivity index (χ2v) is 4.72. The Morgan fingerprint density at radius 2 is 2.05 bits per heavy atom. The highest BCUT2D eigenvalue weighted by atomic mass is 16.4. The minimum Gasteiger partial charge on any atom is -0.462 e. The maximum absolute atomic E-state index is 11.9. The quantitative estimate of drug-likeness (QED) is 0.732. The van der Waals surface area contributed by atoms with E-state index in [0.717, 1.165) is 17.9 Å². The van der Waals surface area contributed by atoms with Crippen LogP contribution in [0.3, 0.4) is 0 Å². The van der Waals surface area contributed by atoms with Crippen LogP contribution in [0.2, 0.25) is 0 Å². The summed E-state index contributed by atoms with van der Waals surface area (Å²) < 4.78 is 5.39. The molecule has 0 atom stereocenters. The zero-order valence-electron chi connectivity index (χ0n) is 12.1. The minimum absolute atomic E-state index is 0.0685. The molecule has 0 aliphatic heterocycles. The monoisotopic (exact) mass is 288 g/mol. The molecule has 5 heteroatoms. The summed E-state index contributed by atoms with van der Waals surface area (Å²) in [6.07, 6.45) is 0.912. The molecule has 2 rings (SSSR count). The molecule has 3 N–H and O–H groups in total. The topological polar surface area (TPSA) is 74.5 Å². The van der Waals surface area contributed by atoms with Crippen molar-refractivity contribution in [1.29, 1.82) is 0 Å². The number of furan rings is 1. The van der Waals surface area contributed by atoms with Crippen molar-refractivity contribution >= 4 is 11.6 Å². The van der Waals surface area contributed by atoms with E-state index in [1.807, 2.05) is 25.1 Å². The molecule has 0 spiro atoms. The van der Waals surface area contributed by atoms with Gasteiger partial charge in [-0.1, -0.05) is 13.0 Å². The maximum Gasteiger partial charge on any atom is 0.251 e. The molecule has 0 saturated heterocycles. The summed E-state index contributed by atoms with van der Waals surface area (Å²) in [5.41, 5.74) is 1.48. The molecule has 0 saturated carbocycles. The summed E-state index contributed by atoms with van der Waals surface area (Å²) in [6, 6.07) is 10.9. The van der Waals surface area contributed by atoms with Crippen molar-refractivity contribution in [2.45, 2.75) is 26.5 Å². The van der Waals surface area contributed by atoms with Gasteiger partial charge in [-0.3, -0.25) is 4.79 Å². The standard InChI is InChI=1S/C16H20N2O3/c1-2-8-17-16(20)12-4-3-5-13(9-12)18-10-14-6-7-15(11-19)21-14/h3-7,9,18-19H,2,8,10-11H2,1H3,(H,17,20). The lowest BCUT2D eigenvalue weighted by Crippen LogP contribution is -2.23. The number of aliphatic hydroxyl groups excluding tert-OH is 1. The molecule has 1 heterocycles. The van der Waals surface area contributed by atoms with Gasteiger partial charge in [-0.05, 0) is 36.8 Å². The van der Waals surface area contributed by atoms with E-state index in [0.29, 0.717) is 24.4 Å². The fourth-order valence-corrected chi connectivity index (χ4v) is 1.90. The highest BCUT2D eigenvalue weighted by Gasteiger charge is 2.06. The highest BCUT2D eigenvalue weighted by molar-refractivity contribution is 5.95. The zero-order valence-corrected chi connectivity index (χ0v) is 12.1. The van der Waals surface area contributed by atoms with Crippen molar-refractivity contribution in [2.24, 2.45) is 0 Å². The predicted octanol–water partition coefficient (Wildman–Crippen LogP) is 2.52. The number of benzene rings is 1. The number of rotatable bonds is 7. The van der Waals surface area contributed by atoms with Crippen LogP contribution in [-0.2, 0) is 13.2 Å². The van der Waals surface area contributed by atoms with Crippen LogP contribution in [0.15, 0.2) is 40.8 Å². The molecule has 0 radical (unpaired) electrons. The molecule has 2 aromatic rings. The Bertz CT molecular complexity index is 593. The summed E-state index contributed by atoms with van der Waals surface area (Å²) in [7, 11) is 0. The number of hydrogen-bond acceptors (Lipinski definition) is 4. The van der Waals surface area contributed by atoms with E-state index in [4.69, 9.17) is 9.52 Å². The molecule has 1 amide bonds. The fourth-order valence-electron chi connectivity index (χ4n) is 1.90. The van der Waals surface area contributed by atoms with E-state index in [2.05, 4.69) is 10.6 Å². The van der Waals surface area contributed by atoms with Gasteiger partial charge in [0.25, 0.3) is 5.91 Å². The second-order valence-electron chi connectivity index (χ2n) is 4.72. The second kappa shape index (κ2) is 7.50. The first kappa shape index (κ1) is 15.1. The van der Waals surface area contributed by atoms with Crippen molar-refractivity contribution in [1.82, 2.24) is 5.32 Å². The van der Waals surface area contributed by atoms with Crippen LogP contribution < -0.4 is 10.6 Å². The van der Waals surface area contributed by atoms with Crippen molar-refractivity contribution in [3.63, 3.8) is 0 Å². The molecule has 0 aliphatic carbocycles. The summed E-state index contributed by atoms with van der Waals surface area (Å²) in [5, 5.41) is 15.0. The number of amides is 1. The van der Waals surface area contributed by atoms with Crippen LogP contribution in [0.5, 0.6) is 0 Å². The van der Waals surface area contributed by atoms with Gasteiger partial charge in [-0.25, -0.2) is 0 Å². The normalized spacial score (nSPS) is 10.4. The summed E-state index contributed by atoms with van der Waals surface area (Å²) in [4.78, 5) is 11.9.